The minimum Gasteiger partial charge on any atom is -0.333 e. The van der Waals surface area contributed by atoms with E-state index in [0.717, 1.165) is 29.2 Å². The standard InChI is InChI=1S/C20H23N5O2S/c1-23-20(27)25(16-6-3-2-4-7-16)18(22-23)15-9-11-24(12-10-15)19(26)21-14-17-8-5-13-28-17/h2-8,13,15H,9-12,14H2,1H3,(H,21,26). The van der Waals surface area contributed by atoms with Gasteiger partial charge in [0.05, 0.1) is 12.2 Å². The van der Waals surface area contributed by atoms with Crippen LogP contribution in [0.3, 0.4) is 0 Å². The van der Waals surface area contributed by atoms with Crippen molar-refractivity contribution in [2.75, 3.05) is 13.1 Å². The number of carbonyl (C=O) groups is 1. The molecule has 0 aliphatic carbocycles. The average molecular weight is 398 g/mol. The number of hydrogen-bond donors (Lipinski definition) is 1. The number of benzene rings is 1. The Hall–Kier alpha value is -2.87. The zero-order valence-electron chi connectivity index (χ0n) is 15.7. The van der Waals surface area contributed by atoms with E-state index in [9.17, 15) is 9.59 Å². The van der Waals surface area contributed by atoms with Crippen LogP contribution >= 0.6 is 11.3 Å². The van der Waals surface area contributed by atoms with E-state index in [-0.39, 0.29) is 17.6 Å². The largest absolute Gasteiger partial charge is 0.350 e. The van der Waals surface area contributed by atoms with E-state index in [2.05, 4.69) is 10.4 Å². The van der Waals surface area contributed by atoms with E-state index in [1.54, 1.807) is 23.0 Å². The number of aromatic nitrogens is 3. The van der Waals surface area contributed by atoms with Gasteiger partial charge in [0.25, 0.3) is 0 Å². The predicted molar refractivity (Wildman–Crippen MR) is 109 cm³/mol. The molecule has 3 heterocycles. The lowest BCUT2D eigenvalue weighted by Gasteiger charge is -2.31. The molecule has 0 unspecified atom stereocenters. The van der Waals surface area contributed by atoms with Crippen LogP contribution in [0.2, 0.25) is 0 Å². The highest BCUT2D eigenvalue weighted by atomic mass is 32.1. The van der Waals surface area contributed by atoms with E-state index in [0.29, 0.717) is 19.6 Å². The molecule has 2 aromatic heterocycles. The summed E-state index contributed by atoms with van der Waals surface area (Å²) in [6, 6.07) is 13.6. The summed E-state index contributed by atoms with van der Waals surface area (Å²) in [4.78, 5) is 28.0. The van der Waals surface area contributed by atoms with E-state index < -0.39 is 0 Å². The first-order chi connectivity index (χ1) is 13.6. The molecule has 146 valence electrons. The Balaban J connectivity index is 1.44. The normalized spacial score (nSPS) is 15.0. The fourth-order valence-corrected chi connectivity index (χ4v) is 4.24. The third-order valence-electron chi connectivity index (χ3n) is 5.11. The smallest absolute Gasteiger partial charge is 0.333 e. The maximum absolute atomic E-state index is 12.6. The topological polar surface area (TPSA) is 72.2 Å². The molecule has 1 aliphatic rings. The Bertz CT molecular complexity index is 986. The van der Waals surface area contributed by atoms with Crippen molar-refractivity contribution in [3.05, 3.63) is 69.0 Å². The fourth-order valence-electron chi connectivity index (χ4n) is 3.60. The van der Waals surface area contributed by atoms with Gasteiger partial charge in [0.2, 0.25) is 0 Å². The van der Waals surface area contributed by atoms with Gasteiger partial charge in [-0.2, -0.15) is 5.10 Å². The van der Waals surface area contributed by atoms with Gasteiger partial charge in [0, 0.05) is 30.9 Å². The second kappa shape index (κ2) is 8.02. The molecule has 4 rings (SSSR count). The second-order valence-corrected chi connectivity index (χ2v) is 7.97. The number of para-hydroxylation sites is 1. The highest BCUT2D eigenvalue weighted by Gasteiger charge is 2.28. The number of nitrogens with zero attached hydrogens (tertiary/aromatic N) is 4. The first-order valence-electron chi connectivity index (χ1n) is 9.40. The van der Waals surface area contributed by atoms with E-state index in [1.165, 1.54) is 4.68 Å². The molecule has 28 heavy (non-hydrogen) atoms. The molecule has 3 aromatic rings. The number of nitrogens with one attached hydrogen (secondary N) is 1. The Kier molecular flexibility index (Phi) is 5.29. The number of piperidine rings is 1. The molecule has 1 N–H and O–H groups in total. The highest BCUT2D eigenvalue weighted by Crippen LogP contribution is 2.27. The number of rotatable bonds is 4. The monoisotopic (exact) mass is 397 g/mol. The summed E-state index contributed by atoms with van der Waals surface area (Å²) < 4.78 is 3.08. The SMILES string of the molecule is Cn1nc(C2CCN(C(=O)NCc3cccs3)CC2)n(-c2ccccc2)c1=O. The zero-order chi connectivity index (χ0) is 19.5. The van der Waals surface area contributed by atoms with E-state index in [1.807, 2.05) is 52.7 Å². The zero-order valence-corrected chi connectivity index (χ0v) is 16.6. The van der Waals surface area contributed by atoms with Crippen LogP contribution in [0.15, 0.2) is 52.6 Å². The summed E-state index contributed by atoms with van der Waals surface area (Å²) in [7, 11) is 1.68. The second-order valence-electron chi connectivity index (χ2n) is 6.93. The molecule has 1 saturated heterocycles. The van der Waals surface area contributed by atoms with Gasteiger partial charge in [0.1, 0.15) is 5.82 Å². The molecule has 0 saturated carbocycles. The molecule has 0 spiro atoms. The summed E-state index contributed by atoms with van der Waals surface area (Å²) in [5, 5.41) is 9.49. The minimum atomic E-state index is -0.141. The van der Waals surface area contributed by atoms with Gasteiger partial charge in [-0.1, -0.05) is 24.3 Å². The molecule has 0 atom stereocenters. The lowest BCUT2D eigenvalue weighted by atomic mass is 9.96. The van der Waals surface area contributed by atoms with Crippen molar-refractivity contribution >= 4 is 17.4 Å². The lowest BCUT2D eigenvalue weighted by Crippen LogP contribution is -2.44. The van der Waals surface area contributed by atoms with Crippen LogP contribution < -0.4 is 11.0 Å². The molecule has 1 fully saturated rings. The average Bonchev–Trinajstić information content (AvgIpc) is 3.35. The van der Waals surface area contributed by atoms with Gasteiger partial charge in [-0.05, 0) is 36.4 Å². The minimum absolute atomic E-state index is 0.0340. The van der Waals surface area contributed by atoms with Crippen LogP contribution in [-0.2, 0) is 13.6 Å². The van der Waals surface area contributed by atoms with Crippen molar-refractivity contribution in [3.63, 3.8) is 0 Å². The summed E-state index contributed by atoms with van der Waals surface area (Å²) in [5.41, 5.74) is 0.684. The number of thiophene rings is 1. The molecule has 1 aromatic carbocycles. The third-order valence-corrected chi connectivity index (χ3v) is 5.98. The molecule has 1 aliphatic heterocycles. The summed E-state index contributed by atoms with van der Waals surface area (Å²) in [5.74, 6) is 0.924. The Morgan fingerprint density at radius 1 is 1.18 bits per heavy atom. The van der Waals surface area contributed by atoms with Gasteiger partial charge in [-0.3, -0.25) is 0 Å². The molecule has 7 nitrogen and oxygen atoms in total. The van der Waals surface area contributed by atoms with Crippen LogP contribution in [0.1, 0.15) is 29.5 Å². The molecular formula is C20H23N5O2S. The van der Waals surface area contributed by atoms with E-state index >= 15 is 0 Å². The Morgan fingerprint density at radius 3 is 2.61 bits per heavy atom. The quantitative estimate of drug-likeness (QED) is 0.736. The van der Waals surface area contributed by atoms with Crippen molar-refractivity contribution in [2.24, 2.45) is 7.05 Å². The van der Waals surface area contributed by atoms with Crippen molar-refractivity contribution in [1.29, 1.82) is 0 Å². The first-order valence-corrected chi connectivity index (χ1v) is 10.3. The molecule has 2 amide bonds. The van der Waals surface area contributed by atoms with Crippen LogP contribution in [-0.4, -0.2) is 38.4 Å². The van der Waals surface area contributed by atoms with E-state index in [4.69, 9.17) is 0 Å². The van der Waals surface area contributed by atoms with Crippen molar-refractivity contribution in [1.82, 2.24) is 24.6 Å². The van der Waals surface area contributed by atoms with Crippen molar-refractivity contribution in [3.8, 4) is 5.69 Å². The lowest BCUT2D eigenvalue weighted by molar-refractivity contribution is 0.179. The van der Waals surface area contributed by atoms with Gasteiger partial charge >= 0.3 is 11.7 Å². The maximum Gasteiger partial charge on any atom is 0.350 e. The van der Waals surface area contributed by atoms with Gasteiger partial charge in [-0.15, -0.1) is 11.3 Å². The fraction of sp³-hybridized carbons (Fsp3) is 0.350. The van der Waals surface area contributed by atoms with Gasteiger partial charge < -0.3 is 10.2 Å². The predicted octanol–water partition coefficient (Wildman–Crippen LogP) is 2.72. The molecule has 0 radical (unpaired) electrons. The molecule has 0 bridgehead atoms. The van der Waals surface area contributed by atoms with Crippen molar-refractivity contribution < 1.29 is 4.79 Å². The highest BCUT2D eigenvalue weighted by molar-refractivity contribution is 7.09. The van der Waals surface area contributed by atoms with Crippen LogP contribution in [0, 0.1) is 0 Å². The number of hydrogen-bond acceptors (Lipinski definition) is 4. The van der Waals surface area contributed by atoms with Crippen LogP contribution in [0.5, 0.6) is 0 Å². The molecule has 8 heteroatoms. The number of carbonyl (C=O) groups excluding carboxylic acids is 1. The number of urea groups is 1. The Labute approximate surface area is 167 Å². The van der Waals surface area contributed by atoms with Crippen LogP contribution in [0.25, 0.3) is 5.69 Å². The van der Waals surface area contributed by atoms with Crippen LogP contribution in [0.4, 0.5) is 4.79 Å². The number of amides is 2. The van der Waals surface area contributed by atoms with Gasteiger partial charge in [-0.25, -0.2) is 18.8 Å². The number of aryl methyl sites for hydroxylation is 1. The first kappa shape index (κ1) is 18.5. The third kappa shape index (κ3) is 3.73. The Morgan fingerprint density at radius 2 is 1.93 bits per heavy atom. The maximum atomic E-state index is 12.6. The van der Waals surface area contributed by atoms with Gasteiger partial charge in [0.15, 0.2) is 0 Å². The van der Waals surface area contributed by atoms with Crippen molar-refractivity contribution in [2.45, 2.75) is 25.3 Å². The molecular weight excluding hydrogens is 374 g/mol. The summed E-state index contributed by atoms with van der Waals surface area (Å²) in [6.07, 6.45) is 1.57. The summed E-state index contributed by atoms with van der Waals surface area (Å²) >= 11 is 1.64. The number of likely N-dealkylation sites (tertiary alicyclic amines) is 1. The summed E-state index contributed by atoms with van der Waals surface area (Å²) in [6.45, 7) is 1.87.